The third kappa shape index (κ3) is 10.7. The van der Waals surface area contributed by atoms with Gasteiger partial charge in [0.2, 0.25) is 0 Å². The van der Waals surface area contributed by atoms with Crippen molar-refractivity contribution in [1.82, 2.24) is 25.2 Å². The number of amides is 3. The van der Waals surface area contributed by atoms with Gasteiger partial charge in [-0.15, -0.1) is 0 Å². The first-order chi connectivity index (χ1) is 24.6. The number of methoxy groups -OCH3 is 2. The van der Waals surface area contributed by atoms with Crippen molar-refractivity contribution in [2.75, 3.05) is 57.3 Å². The number of anilines is 3. The van der Waals surface area contributed by atoms with E-state index in [-0.39, 0.29) is 50.0 Å². The zero-order chi connectivity index (χ0) is 38.1. The van der Waals surface area contributed by atoms with Crippen molar-refractivity contribution in [3.05, 3.63) is 59.8 Å². The van der Waals surface area contributed by atoms with Crippen molar-refractivity contribution in [1.29, 1.82) is 0 Å². The number of rotatable bonds is 2. The number of alkyl halides is 3. The summed E-state index contributed by atoms with van der Waals surface area (Å²) in [7, 11) is 2.06. The average Bonchev–Trinajstić information content (AvgIpc) is 3.12. The van der Waals surface area contributed by atoms with Crippen LogP contribution < -0.4 is 25.0 Å². The van der Waals surface area contributed by atoms with Crippen LogP contribution in [0.5, 0.6) is 11.8 Å². The largest absolute Gasteiger partial charge is 0.494 e. The fourth-order valence-corrected chi connectivity index (χ4v) is 4.79. The number of nitrogens with zero attached hydrogens (tertiary/aromatic N) is 5. The molecule has 4 aliphatic heterocycles. The van der Waals surface area contributed by atoms with Crippen molar-refractivity contribution < 1.29 is 56.1 Å². The molecular formula is C33H36F3N7O9. The molecule has 6 heterocycles. The number of carbonyl (C=O) groups is 5. The summed E-state index contributed by atoms with van der Waals surface area (Å²) in [5.41, 5.74) is -0.0233. The maximum absolute atomic E-state index is 13.3. The second-order valence-electron chi connectivity index (χ2n) is 12.1. The van der Waals surface area contributed by atoms with Crippen molar-refractivity contribution in [3.8, 4) is 11.8 Å². The number of benzene rings is 1. The molecular weight excluding hydrogens is 695 g/mol. The molecule has 0 spiro atoms. The Morgan fingerprint density at radius 2 is 1.63 bits per heavy atom. The van der Waals surface area contributed by atoms with Crippen LogP contribution in [-0.4, -0.2) is 103 Å². The summed E-state index contributed by atoms with van der Waals surface area (Å²) in [5.74, 6) is -5.38. The molecule has 0 aliphatic carbocycles. The van der Waals surface area contributed by atoms with Crippen LogP contribution >= 0.6 is 0 Å². The van der Waals surface area contributed by atoms with Gasteiger partial charge in [-0.25, -0.2) is 19.5 Å². The summed E-state index contributed by atoms with van der Waals surface area (Å²) >= 11 is 0. The maximum Gasteiger partial charge on any atom is 0.422 e. The molecule has 4 aliphatic rings. The zero-order valence-electron chi connectivity index (χ0n) is 28.6. The van der Waals surface area contributed by atoms with E-state index in [4.69, 9.17) is 9.47 Å². The molecule has 0 atom stereocenters. The highest BCUT2D eigenvalue weighted by Gasteiger charge is 2.33. The highest BCUT2D eigenvalue weighted by Crippen LogP contribution is 2.28. The van der Waals surface area contributed by atoms with Gasteiger partial charge >= 0.3 is 35.9 Å². The maximum atomic E-state index is 13.3. The monoisotopic (exact) mass is 731 g/mol. The van der Waals surface area contributed by atoms with Crippen LogP contribution in [0.2, 0.25) is 0 Å². The van der Waals surface area contributed by atoms with Crippen LogP contribution in [0.25, 0.3) is 0 Å². The van der Waals surface area contributed by atoms with Gasteiger partial charge in [-0.1, -0.05) is 26.0 Å². The zero-order valence-corrected chi connectivity index (χ0v) is 28.6. The molecule has 2 N–H and O–H groups in total. The molecule has 6 bridgehead atoms. The van der Waals surface area contributed by atoms with Gasteiger partial charge in [0, 0.05) is 38.4 Å². The summed E-state index contributed by atoms with van der Waals surface area (Å²) in [6.07, 6.45) is -3.29. The van der Waals surface area contributed by atoms with Gasteiger partial charge in [0.1, 0.15) is 17.4 Å². The normalized spacial score (nSPS) is 15.3. The van der Waals surface area contributed by atoms with Crippen LogP contribution in [-0.2, 0) is 35.2 Å². The Morgan fingerprint density at radius 3 is 2.27 bits per heavy atom. The fraction of sp³-hybridized carbons (Fsp3) is 0.394. The first-order valence-electron chi connectivity index (χ1n) is 15.7. The van der Waals surface area contributed by atoms with E-state index in [1.165, 1.54) is 23.1 Å². The van der Waals surface area contributed by atoms with Gasteiger partial charge in [-0.2, -0.15) is 23.1 Å². The molecule has 0 saturated heterocycles. The third-order valence-corrected chi connectivity index (χ3v) is 7.32. The Hall–Kier alpha value is -6.01. The van der Waals surface area contributed by atoms with Crippen LogP contribution in [0.15, 0.2) is 48.7 Å². The van der Waals surface area contributed by atoms with Crippen LogP contribution in [0.1, 0.15) is 36.2 Å². The van der Waals surface area contributed by atoms with Crippen molar-refractivity contribution in [2.24, 2.45) is 5.41 Å². The molecule has 3 aromatic rings. The predicted octanol–water partition coefficient (Wildman–Crippen LogP) is 2.80. The van der Waals surface area contributed by atoms with Gasteiger partial charge in [-0.05, 0) is 41.7 Å². The molecule has 2 aromatic heterocycles. The number of hydrogen-bond acceptors (Lipinski definition) is 13. The van der Waals surface area contributed by atoms with Gasteiger partial charge in [0.05, 0.1) is 26.4 Å². The summed E-state index contributed by atoms with van der Waals surface area (Å²) < 4.78 is 59.0. The van der Waals surface area contributed by atoms with E-state index in [1.54, 1.807) is 38.1 Å². The summed E-state index contributed by atoms with van der Waals surface area (Å²) in [6.45, 7) is 2.35. The SMILES string of the molecule is COC(=O)C(=O)N1CCCOc2ccc(cc2)CNc2cc(nc(OCC(F)(F)F)n2)N(C(=O)C(=O)OC)c2ccc(cn2)C(=O)NCC(C)(C)C1. The van der Waals surface area contributed by atoms with Crippen molar-refractivity contribution in [2.45, 2.75) is 33.0 Å². The van der Waals surface area contributed by atoms with E-state index >= 15 is 0 Å². The Bertz CT molecular complexity index is 1770. The van der Waals surface area contributed by atoms with E-state index in [0.29, 0.717) is 22.6 Å². The smallest absolute Gasteiger partial charge is 0.422 e. The van der Waals surface area contributed by atoms with E-state index in [0.717, 1.165) is 20.4 Å². The fourth-order valence-electron chi connectivity index (χ4n) is 4.79. The predicted molar refractivity (Wildman–Crippen MR) is 176 cm³/mol. The number of hydrogen-bond donors (Lipinski definition) is 2. The molecule has 0 fully saturated rings. The molecule has 3 amide bonds. The van der Waals surface area contributed by atoms with E-state index in [2.05, 4.69) is 35.1 Å². The average molecular weight is 732 g/mol. The number of nitrogens with one attached hydrogen (secondary N) is 2. The highest BCUT2D eigenvalue weighted by atomic mass is 19.4. The van der Waals surface area contributed by atoms with Gasteiger partial charge in [-0.3, -0.25) is 14.4 Å². The molecule has 0 saturated carbocycles. The minimum atomic E-state index is -4.75. The summed E-state index contributed by atoms with van der Waals surface area (Å²) in [4.78, 5) is 77.9. The number of esters is 2. The summed E-state index contributed by atoms with van der Waals surface area (Å²) in [6, 6.07) is 9.71. The number of halogens is 3. The Morgan fingerprint density at radius 1 is 0.942 bits per heavy atom. The molecule has 0 radical (unpaired) electrons. The lowest BCUT2D eigenvalue weighted by Gasteiger charge is -2.32. The van der Waals surface area contributed by atoms with Gasteiger partial charge < -0.3 is 34.5 Å². The van der Waals surface area contributed by atoms with Crippen molar-refractivity contribution in [3.63, 3.8) is 0 Å². The second-order valence-corrected chi connectivity index (χ2v) is 12.1. The number of aromatic nitrogens is 3. The molecule has 7 rings (SSSR count). The Balaban J connectivity index is 1.74. The van der Waals surface area contributed by atoms with Gasteiger partial charge in [0.15, 0.2) is 12.4 Å². The third-order valence-electron chi connectivity index (χ3n) is 7.32. The van der Waals surface area contributed by atoms with Gasteiger partial charge in [0.25, 0.3) is 5.91 Å². The van der Waals surface area contributed by atoms with E-state index in [9.17, 15) is 37.1 Å². The molecule has 278 valence electrons. The quantitative estimate of drug-likeness (QED) is 0.289. The Kier molecular flexibility index (Phi) is 12.5. The minimum Gasteiger partial charge on any atom is -0.494 e. The number of pyridine rings is 1. The molecule has 1 aromatic carbocycles. The van der Waals surface area contributed by atoms with Crippen molar-refractivity contribution >= 4 is 47.1 Å². The number of carbonyl (C=O) groups excluding carboxylic acids is 5. The van der Waals surface area contributed by atoms with Crippen LogP contribution in [0.4, 0.5) is 30.6 Å². The van der Waals surface area contributed by atoms with E-state index < -0.39 is 59.7 Å². The minimum absolute atomic E-state index is 0.0315. The Labute approximate surface area is 295 Å². The first kappa shape index (κ1) is 38.8. The topological polar surface area (TPSA) is 191 Å². The van der Waals surface area contributed by atoms with Crippen LogP contribution in [0.3, 0.4) is 0 Å². The lowest BCUT2D eigenvalue weighted by Crippen LogP contribution is -2.47. The molecule has 0 unspecified atom stereocenters. The highest BCUT2D eigenvalue weighted by molar-refractivity contribution is 6.39. The number of ether oxygens (including phenoxy) is 4. The van der Waals surface area contributed by atoms with Crippen LogP contribution in [0, 0.1) is 5.41 Å². The standard InChI is InChI=1S/C33H36F3N7O9/c1-32(2)17-39-26(44)21-8-11-24(38-16-21)43(28(46)30(48)50-4)25-14-23(40-31(41-25)52-19-33(34,35)36)37-15-20-6-9-22(10-7-20)51-13-5-12-42(18-32)27(45)29(47)49-3/h6-11,14,16H,5,12-13,15,17-19H2,1-4H3,(H,39,44)(H,37,40,41). The summed E-state index contributed by atoms with van der Waals surface area (Å²) in [5, 5.41) is 5.68. The lowest BCUT2D eigenvalue weighted by atomic mass is 9.92. The first-order valence-corrected chi connectivity index (χ1v) is 15.7. The molecule has 52 heavy (non-hydrogen) atoms. The second kappa shape index (κ2) is 16.8. The van der Waals surface area contributed by atoms with E-state index in [1.807, 2.05) is 0 Å². The lowest BCUT2D eigenvalue weighted by molar-refractivity contribution is -0.158. The molecule has 16 nitrogen and oxygen atoms in total. The molecule has 19 heteroatoms.